The van der Waals surface area contributed by atoms with Crippen LogP contribution in [0.5, 0.6) is 0 Å². The lowest BCUT2D eigenvalue weighted by molar-refractivity contribution is 0.495. The Morgan fingerprint density at radius 3 is 1.18 bits per heavy atom. The molecule has 2 aromatic rings. The van der Waals surface area contributed by atoms with Crippen LogP contribution in [0.3, 0.4) is 0 Å². The third-order valence-electron chi connectivity index (χ3n) is 3.97. The van der Waals surface area contributed by atoms with Crippen molar-refractivity contribution >= 4 is 0 Å². The molecule has 0 aromatic carbocycles. The van der Waals surface area contributed by atoms with Crippen LogP contribution in [-0.2, 0) is 13.1 Å². The zero-order chi connectivity index (χ0) is 15.3. The van der Waals surface area contributed by atoms with Crippen molar-refractivity contribution < 1.29 is 0 Å². The number of hydrogen-bond acceptors (Lipinski definition) is 4. The Bertz CT molecular complexity index is 407. The molecule has 2 heterocycles. The fourth-order valence-corrected chi connectivity index (χ4v) is 2.67. The molecule has 122 valence electrons. The van der Waals surface area contributed by atoms with Gasteiger partial charge >= 0.3 is 0 Å². The lowest BCUT2D eigenvalue weighted by Gasteiger charge is -2.03. The number of aryl methyl sites for hydroxylation is 2. The van der Waals surface area contributed by atoms with Crippen LogP contribution in [0.2, 0.25) is 0 Å². The van der Waals surface area contributed by atoms with Crippen molar-refractivity contribution in [1.82, 2.24) is 30.0 Å². The summed E-state index contributed by atoms with van der Waals surface area (Å²) in [7, 11) is 0. The minimum atomic E-state index is 1.01. The van der Waals surface area contributed by atoms with E-state index in [1.165, 1.54) is 64.2 Å². The molecule has 0 amide bonds. The maximum Gasteiger partial charge on any atom is 0.0692 e. The maximum atomic E-state index is 3.97. The second-order valence-corrected chi connectivity index (χ2v) is 5.87. The molecular weight excluding hydrogens is 276 g/mol. The van der Waals surface area contributed by atoms with E-state index >= 15 is 0 Å². The molecule has 0 fully saturated rings. The monoisotopic (exact) mass is 304 g/mol. The zero-order valence-corrected chi connectivity index (χ0v) is 13.5. The Balaban J connectivity index is 1.29. The van der Waals surface area contributed by atoms with E-state index in [2.05, 4.69) is 20.6 Å². The number of aromatic nitrogens is 6. The van der Waals surface area contributed by atoms with Gasteiger partial charge < -0.3 is 0 Å². The summed E-state index contributed by atoms with van der Waals surface area (Å²) >= 11 is 0. The van der Waals surface area contributed by atoms with Crippen molar-refractivity contribution in [3.8, 4) is 0 Å². The molecule has 0 atom stereocenters. The van der Waals surface area contributed by atoms with Gasteiger partial charge in [-0.15, -0.1) is 10.2 Å². The van der Waals surface area contributed by atoms with Gasteiger partial charge in [-0.2, -0.15) is 0 Å². The van der Waals surface area contributed by atoms with Gasteiger partial charge in [-0.25, -0.2) is 0 Å². The third-order valence-corrected chi connectivity index (χ3v) is 3.97. The van der Waals surface area contributed by atoms with E-state index in [1.807, 2.05) is 21.8 Å². The minimum absolute atomic E-state index is 1.01. The van der Waals surface area contributed by atoms with Crippen molar-refractivity contribution in [1.29, 1.82) is 0 Å². The highest BCUT2D eigenvalue weighted by molar-refractivity contribution is 4.64. The molecule has 0 N–H and O–H groups in total. The molecule has 0 aliphatic carbocycles. The standard InChI is InChI=1S/C16H28N6/c1(3-5-7-9-13-21-15-11-17-19-21)2-4-6-8-10-14-22-16-12-18-20-22/h11-12,15-16H,1-10,13-14H2. The Labute approximate surface area is 132 Å². The van der Waals surface area contributed by atoms with E-state index in [0.717, 1.165) is 13.1 Å². The summed E-state index contributed by atoms with van der Waals surface area (Å²) in [6.45, 7) is 2.01. The van der Waals surface area contributed by atoms with Gasteiger partial charge in [-0.05, 0) is 12.8 Å². The maximum absolute atomic E-state index is 3.97. The van der Waals surface area contributed by atoms with Crippen molar-refractivity contribution in [2.24, 2.45) is 0 Å². The van der Waals surface area contributed by atoms with Crippen LogP contribution in [0.1, 0.15) is 64.2 Å². The van der Waals surface area contributed by atoms with E-state index in [0.29, 0.717) is 0 Å². The van der Waals surface area contributed by atoms with Gasteiger partial charge in [0, 0.05) is 25.5 Å². The lowest BCUT2D eigenvalue weighted by atomic mass is 10.1. The van der Waals surface area contributed by atoms with Crippen molar-refractivity contribution in [2.45, 2.75) is 77.3 Å². The van der Waals surface area contributed by atoms with Crippen molar-refractivity contribution in [3.63, 3.8) is 0 Å². The quantitative estimate of drug-likeness (QED) is 0.532. The summed E-state index contributed by atoms with van der Waals surface area (Å²) in [4.78, 5) is 0. The Kier molecular flexibility index (Phi) is 8.27. The Morgan fingerprint density at radius 2 is 0.864 bits per heavy atom. The number of unbranched alkanes of at least 4 members (excludes halogenated alkanes) is 9. The minimum Gasteiger partial charge on any atom is -0.253 e. The van der Waals surface area contributed by atoms with Crippen LogP contribution in [0.4, 0.5) is 0 Å². The molecule has 0 aliphatic heterocycles. The second-order valence-electron chi connectivity index (χ2n) is 5.87. The Morgan fingerprint density at radius 1 is 0.500 bits per heavy atom. The predicted molar refractivity (Wildman–Crippen MR) is 86.2 cm³/mol. The normalized spacial score (nSPS) is 11.1. The van der Waals surface area contributed by atoms with Gasteiger partial charge in [-0.3, -0.25) is 9.36 Å². The molecule has 6 heteroatoms. The van der Waals surface area contributed by atoms with E-state index in [-0.39, 0.29) is 0 Å². The van der Waals surface area contributed by atoms with Gasteiger partial charge in [0.25, 0.3) is 0 Å². The highest BCUT2D eigenvalue weighted by Gasteiger charge is 1.95. The first-order chi connectivity index (χ1) is 10.9. The molecule has 0 saturated heterocycles. The van der Waals surface area contributed by atoms with Gasteiger partial charge in [0.05, 0.1) is 12.4 Å². The Hall–Kier alpha value is -1.72. The van der Waals surface area contributed by atoms with Crippen LogP contribution in [-0.4, -0.2) is 30.0 Å². The van der Waals surface area contributed by atoms with E-state index in [9.17, 15) is 0 Å². The van der Waals surface area contributed by atoms with Gasteiger partial charge in [0.15, 0.2) is 0 Å². The number of hydrogen-bond donors (Lipinski definition) is 0. The summed E-state index contributed by atoms with van der Waals surface area (Å²) in [5.74, 6) is 0. The molecule has 0 spiro atoms. The van der Waals surface area contributed by atoms with Crippen molar-refractivity contribution in [2.75, 3.05) is 0 Å². The van der Waals surface area contributed by atoms with E-state index in [4.69, 9.17) is 0 Å². The fourth-order valence-electron chi connectivity index (χ4n) is 2.67. The largest absolute Gasteiger partial charge is 0.253 e. The summed E-state index contributed by atoms with van der Waals surface area (Å²) in [5, 5.41) is 15.6. The highest BCUT2D eigenvalue weighted by Crippen LogP contribution is 2.11. The van der Waals surface area contributed by atoms with Crippen LogP contribution in [0, 0.1) is 0 Å². The molecule has 0 unspecified atom stereocenters. The fraction of sp³-hybridized carbons (Fsp3) is 0.750. The zero-order valence-electron chi connectivity index (χ0n) is 13.5. The van der Waals surface area contributed by atoms with Crippen LogP contribution in [0.15, 0.2) is 24.8 Å². The van der Waals surface area contributed by atoms with Crippen LogP contribution in [0.25, 0.3) is 0 Å². The summed E-state index contributed by atoms with van der Waals surface area (Å²) in [5.41, 5.74) is 0. The first-order valence-corrected chi connectivity index (χ1v) is 8.63. The van der Waals surface area contributed by atoms with Gasteiger partial charge in [-0.1, -0.05) is 61.8 Å². The van der Waals surface area contributed by atoms with Gasteiger partial charge in [0.1, 0.15) is 0 Å². The average molecular weight is 304 g/mol. The highest BCUT2D eigenvalue weighted by atomic mass is 15.4. The van der Waals surface area contributed by atoms with E-state index < -0.39 is 0 Å². The molecule has 22 heavy (non-hydrogen) atoms. The topological polar surface area (TPSA) is 61.4 Å². The molecule has 2 aromatic heterocycles. The second kappa shape index (κ2) is 10.9. The SMILES string of the molecule is c1cn(CCCCCCCCCCCCn2ccnn2)nn1. The van der Waals surface area contributed by atoms with Gasteiger partial charge in [0.2, 0.25) is 0 Å². The molecule has 0 radical (unpaired) electrons. The molecule has 0 aliphatic rings. The predicted octanol–water partition coefficient (Wildman–Crippen LogP) is 3.47. The number of rotatable bonds is 13. The summed E-state index contributed by atoms with van der Waals surface area (Å²) < 4.78 is 3.83. The molecule has 6 nitrogen and oxygen atoms in total. The van der Waals surface area contributed by atoms with Crippen LogP contribution < -0.4 is 0 Å². The molecule has 0 saturated carbocycles. The molecule has 0 bridgehead atoms. The smallest absolute Gasteiger partial charge is 0.0692 e. The average Bonchev–Trinajstić information content (AvgIpc) is 3.21. The first-order valence-electron chi connectivity index (χ1n) is 8.63. The lowest BCUT2D eigenvalue weighted by Crippen LogP contribution is -1.98. The third kappa shape index (κ3) is 7.33. The molecule has 2 rings (SSSR count). The summed E-state index contributed by atoms with van der Waals surface area (Å²) in [6.07, 6.45) is 20.6. The first kappa shape index (κ1) is 16.6. The number of nitrogens with zero attached hydrogens (tertiary/aromatic N) is 6. The van der Waals surface area contributed by atoms with E-state index in [1.54, 1.807) is 12.4 Å². The van der Waals surface area contributed by atoms with Crippen LogP contribution >= 0.6 is 0 Å². The molecular formula is C16H28N6. The van der Waals surface area contributed by atoms with Crippen molar-refractivity contribution in [3.05, 3.63) is 24.8 Å². The summed E-state index contributed by atoms with van der Waals surface area (Å²) in [6, 6.07) is 0.